The first kappa shape index (κ1) is 12.9. The number of hydrogen-bond acceptors (Lipinski definition) is 4. The Hall–Kier alpha value is -1.55. The maximum absolute atomic E-state index is 9.62. The van der Waals surface area contributed by atoms with Gasteiger partial charge in [-0.15, -0.1) is 0 Å². The molecular formula is C14H17NO2S. The van der Waals surface area contributed by atoms with Gasteiger partial charge in [-0.25, -0.2) is 4.98 Å². The summed E-state index contributed by atoms with van der Waals surface area (Å²) in [5.74, 6) is 1.26. The molecule has 0 bridgehead atoms. The molecule has 2 aromatic rings. The third kappa shape index (κ3) is 2.34. The summed E-state index contributed by atoms with van der Waals surface area (Å²) in [7, 11) is 1.66. The number of rotatable bonds is 3. The lowest BCUT2D eigenvalue weighted by Crippen LogP contribution is -1.92. The van der Waals surface area contributed by atoms with Gasteiger partial charge in [0.2, 0.25) is 0 Å². The highest BCUT2D eigenvalue weighted by Crippen LogP contribution is 2.38. The molecule has 4 heteroatoms. The number of aryl methyl sites for hydroxylation is 1. The Morgan fingerprint density at radius 1 is 1.33 bits per heavy atom. The highest BCUT2D eigenvalue weighted by molar-refractivity contribution is 7.16. The van der Waals surface area contributed by atoms with E-state index in [1.54, 1.807) is 14.0 Å². The van der Waals surface area contributed by atoms with Gasteiger partial charge in [0.15, 0.2) is 5.06 Å². The fraction of sp³-hybridized carbons (Fsp3) is 0.357. The summed E-state index contributed by atoms with van der Waals surface area (Å²) in [5.41, 5.74) is 2.81. The average molecular weight is 263 g/mol. The predicted octanol–water partition coefficient (Wildman–Crippen LogP) is 3.96. The van der Waals surface area contributed by atoms with E-state index in [0.29, 0.717) is 11.6 Å². The van der Waals surface area contributed by atoms with Crippen LogP contribution in [0.1, 0.15) is 31.0 Å². The van der Waals surface area contributed by atoms with Crippen LogP contribution in [0.25, 0.3) is 10.6 Å². The van der Waals surface area contributed by atoms with Crippen molar-refractivity contribution in [3.8, 4) is 21.4 Å². The predicted molar refractivity (Wildman–Crippen MR) is 74.6 cm³/mol. The number of thiazole rings is 1. The molecule has 0 radical (unpaired) electrons. The number of nitrogens with zero attached hydrogens (tertiary/aromatic N) is 1. The van der Waals surface area contributed by atoms with Crippen molar-refractivity contribution in [1.82, 2.24) is 4.98 Å². The number of aromatic nitrogens is 1. The lowest BCUT2D eigenvalue weighted by molar-refractivity contribution is 0.415. The molecule has 0 saturated carbocycles. The van der Waals surface area contributed by atoms with Crippen molar-refractivity contribution in [3.05, 3.63) is 29.5 Å². The molecule has 1 heterocycles. The molecule has 0 fully saturated rings. The fourth-order valence-corrected chi connectivity index (χ4v) is 2.58. The maximum Gasteiger partial charge on any atom is 0.195 e. The molecule has 0 aliphatic carbocycles. The van der Waals surface area contributed by atoms with E-state index in [-0.39, 0.29) is 5.06 Å². The Labute approximate surface area is 111 Å². The van der Waals surface area contributed by atoms with Crippen LogP contribution >= 0.6 is 11.3 Å². The van der Waals surface area contributed by atoms with E-state index in [4.69, 9.17) is 4.74 Å². The third-order valence-electron chi connectivity index (χ3n) is 2.89. The minimum absolute atomic E-state index is 0.264. The van der Waals surface area contributed by atoms with E-state index in [1.807, 2.05) is 12.1 Å². The molecule has 0 atom stereocenters. The van der Waals surface area contributed by atoms with Gasteiger partial charge in [0.25, 0.3) is 0 Å². The molecule has 1 aromatic carbocycles. The molecule has 0 saturated heterocycles. The number of benzene rings is 1. The van der Waals surface area contributed by atoms with Crippen LogP contribution in [0.2, 0.25) is 0 Å². The SMILES string of the molecule is COc1cc(C(C)C)ccc1-c1nc(C)c(O)s1. The quantitative estimate of drug-likeness (QED) is 0.911. The largest absolute Gasteiger partial charge is 0.498 e. The monoisotopic (exact) mass is 263 g/mol. The van der Waals surface area contributed by atoms with Crippen molar-refractivity contribution in [2.75, 3.05) is 7.11 Å². The van der Waals surface area contributed by atoms with E-state index in [1.165, 1.54) is 16.9 Å². The zero-order valence-electron chi connectivity index (χ0n) is 11.0. The van der Waals surface area contributed by atoms with Gasteiger partial charge in [-0.2, -0.15) is 0 Å². The summed E-state index contributed by atoms with van der Waals surface area (Å²) in [6.45, 7) is 6.09. The second kappa shape index (κ2) is 4.98. The molecule has 3 nitrogen and oxygen atoms in total. The third-order valence-corrected chi connectivity index (χ3v) is 3.89. The van der Waals surface area contributed by atoms with Gasteiger partial charge in [0, 0.05) is 0 Å². The first-order chi connectivity index (χ1) is 8.52. The zero-order valence-corrected chi connectivity index (χ0v) is 11.8. The molecule has 18 heavy (non-hydrogen) atoms. The minimum Gasteiger partial charge on any atom is -0.498 e. The van der Waals surface area contributed by atoms with E-state index in [2.05, 4.69) is 24.9 Å². The van der Waals surface area contributed by atoms with Crippen molar-refractivity contribution in [3.63, 3.8) is 0 Å². The van der Waals surface area contributed by atoms with Gasteiger partial charge in [0.05, 0.1) is 18.4 Å². The Morgan fingerprint density at radius 3 is 2.56 bits per heavy atom. The van der Waals surface area contributed by atoms with Gasteiger partial charge in [-0.1, -0.05) is 31.3 Å². The highest BCUT2D eigenvalue weighted by Gasteiger charge is 2.14. The van der Waals surface area contributed by atoms with Crippen LogP contribution in [0.3, 0.4) is 0 Å². The molecule has 0 spiro atoms. The Balaban J connectivity index is 2.50. The van der Waals surface area contributed by atoms with Gasteiger partial charge < -0.3 is 9.84 Å². The summed E-state index contributed by atoms with van der Waals surface area (Å²) < 4.78 is 5.42. The number of hydrogen-bond donors (Lipinski definition) is 1. The first-order valence-electron chi connectivity index (χ1n) is 5.87. The first-order valence-corrected chi connectivity index (χ1v) is 6.69. The molecular weight excluding hydrogens is 246 g/mol. The van der Waals surface area contributed by atoms with E-state index in [9.17, 15) is 5.11 Å². The summed E-state index contributed by atoms with van der Waals surface area (Å²) in [6, 6.07) is 6.12. The molecule has 2 rings (SSSR count). The van der Waals surface area contributed by atoms with Gasteiger partial charge in [-0.05, 0) is 30.5 Å². The lowest BCUT2D eigenvalue weighted by Gasteiger charge is -2.11. The normalized spacial score (nSPS) is 10.9. The van der Waals surface area contributed by atoms with Crippen molar-refractivity contribution in [2.24, 2.45) is 0 Å². The van der Waals surface area contributed by atoms with Crippen LogP contribution in [0, 0.1) is 6.92 Å². The van der Waals surface area contributed by atoms with Crippen LogP contribution in [-0.2, 0) is 0 Å². The fourth-order valence-electron chi connectivity index (χ4n) is 1.75. The van der Waals surface area contributed by atoms with E-state index in [0.717, 1.165) is 16.3 Å². The van der Waals surface area contributed by atoms with Crippen molar-refractivity contribution >= 4 is 11.3 Å². The highest BCUT2D eigenvalue weighted by atomic mass is 32.1. The zero-order chi connectivity index (χ0) is 13.3. The Kier molecular flexibility index (Phi) is 3.57. The van der Waals surface area contributed by atoms with Crippen molar-refractivity contribution in [2.45, 2.75) is 26.7 Å². The molecule has 0 aliphatic heterocycles. The van der Waals surface area contributed by atoms with Crippen LogP contribution in [0.15, 0.2) is 18.2 Å². The van der Waals surface area contributed by atoms with E-state index >= 15 is 0 Å². The molecule has 0 unspecified atom stereocenters. The van der Waals surface area contributed by atoms with Crippen molar-refractivity contribution < 1.29 is 9.84 Å². The second-order valence-corrected chi connectivity index (χ2v) is 5.50. The summed E-state index contributed by atoms with van der Waals surface area (Å²) >= 11 is 1.28. The van der Waals surface area contributed by atoms with Crippen LogP contribution < -0.4 is 4.74 Å². The van der Waals surface area contributed by atoms with E-state index < -0.39 is 0 Å². The van der Waals surface area contributed by atoms with Gasteiger partial charge in [-0.3, -0.25) is 0 Å². The lowest BCUT2D eigenvalue weighted by atomic mass is 10.0. The number of methoxy groups -OCH3 is 1. The molecule has 1 N–H and O–H groups in total. The average Bonchev–Trinajstić information content (AvgIpc) is 2.68. The van der Waals surface area contributed by atoms with Crippen LogP contribution in [0.4, 0.5) is 0 Å². The number of ether oxygens (including phenoxy) is 1. The summed E-state index contributed by atoms with van der Waals surface area (Å²) in [6.07, 6.45) is 0. The molecule has 0 amide bonds. The Morgan fingerprint density at radius 2 is 2.06 bits per heavy atom. The Bertz CT molecular complexity index is 541. The maximum atomic E-state index is 9.62. The molecule has 0 aliphatic rings. The topological polar surface area (TPSA) is 42.4 Å². The smallest absolute Gasteiger partial charge is 0.195 e. The minimum atomic E-state index is 0.264. The summed E-state index contributed by atoms with van der Waals surface area (Å²) in [4.78, 5) is 4.35. The summed E-state index contributed by atoms with van der Waals surface area (Å²) in [5, 5.41) is 10.7. The molecule has 1 aromatic heterocycles. The van der Waals surface area contributed by atoms with Crippen LogP contribution in [-0.4, -0.2) is 17.2 Å². The standard InChI is InChI=1S/C14H17NO2S/c1-8(2)10-5-6-11(12(7-10)17-4)13-15-9(3)14(16)18-13/h5-8,16H,1-4H3. The number of aromatic hydroxyl groups is 1. The van der Waals surface area contributed by atoms with Crippen LogP contribution in [0.5, 0.6) is 10.8 Å². The molecule has 96 valence electrons. The van der Waals surface area contributed by atoms with Gasteiger partial charge in [0.1, 0.15) is 10.8 Å². The van der Waals surface area contributed by atoms with Crippen molar-refractivity contribution in [1.29, 1.82) is 0 Å². The van der Waals surface area contributed by atoms with Gasteiger partial charge >= 0.3 is 0 Å². The second-order valence-electron chi connectivity index (χ2n) is 4.52.